The third-order valence-corrected chi connectivity index (χ3v) is 6.66. The number of hydrogen-bond donors (Lipinski definition) is 1. The fourth-order valence-corrected chi connectivity index (χ4v) is 4.46. The minimum atomic E-state index is 0.478. The second-order valence-electron chi connectivity index (χ2n) is 5.10. The molecule has 0 radical (unpaired) electrons. The lowest BCUT2D eigenvalue weighted by Crippen LogP contribution is -2.40. The highest BCUT2D eigenvalue weighted by atomic mass is 32.2. The molecule has 0 aromatic heterocycles. The third kappa shape index (κ3) is 3.57. The fourth-order valence-electron chi connectivity index (χ4n) is 2.61. The van der Waals surface area contributed by atoms with Crippen molar-refractivity contribution >= 4 is 28.7 Å². The number of rotatable bonds is 4. The topological polar surface area (TPSA) is 24.4 Å². The van der Waals surface area contributed by atoms with Gasteiger partial charge in [0.05, 0.1) is 6.54 Å². The monoisotopic (exact) mass is 272 g/mol. The van der Waals surface area contributed by atoms with Crippen LogP contribution < -0.4 is 5.32 Å². The second kappa shape index (κ2) is 6.37. The zero-order chi connectivity index (χ0) is 12.1. The molecule has 0 amide bonds. The molecular weight excluding hydrogens is 248 g/mol. The highest BCUT2D eigenvalue weighted by Crippen LogP contribution is 2.38. The van der Waals surface area contributed by atoms with Gasteiger partial charge in [-0.3, -0.25) is 4.99 Å². The summed E-state index contributed by atoms with van der Waals surface area (Å²) >= 11 is 3.99. The normalized spacial score (nSPS) is 27.9. The Morgan fingerprint density at radius 3 is 2.76 bits per heavy atom. The van der Waals surface area contributed by atoms with E-state index in [0.717, 1.165) is 13.1 Å². The third-order valence-electron chi connectivity index (χ3n) is 3.93. The first-order valence-corrected chi connectivity index (χ1v) is 8.88. The maximum absolute atomic E-state index is 4.60. The van der Waals surface area contributed by atoms with E-state index in [-0.39, 0.29) is 0 Å². The molecule has 1 saturated carbocycles. The Morgan fingerprint density at radius 1 is 1.41 bits per heavy atom. The van der Waals surface area contributed by atoms with E-state index in [1.807, 2.05) is 11.8 Å². The summed E-state index contributed by atoms with van der Waals surface area (Å²) in [5.41, 5.74) is 0. The van der Waals surface area contributed by atoms with Crippen LogP contribution in [-0.2, 0) is 0 Å². The van der Waals surface area contributed by atoms with Gasteiger partial charge in [0.1, 0.15) is 0 Å². The first-order valence-electron chi connectivity index (χ1n) is 6.78. The number of aliphatic imine (C=N–C) groups is 1. The highest BCUT2D eigenvalue weighted by molar-refractivity contribution is 8.14. The van der Waals surface area contributed by atoms with Gasteiger partial charge in [0.2, 0.25) is 0 Å². The van der Waals surface area contributed by atoms with Crippen LogP contribution in [0.1, 0.15) is 45.4 Å². The predicted octanol–water partition coefficient (Wildman–Crippen LogP) is 3.52. The van der Waals surface area contributed by atoms with Crippen LogP contribution in [0.2, 0.25) is 0 Å². The lowest BCUT2D eigenvalue weighted by atomic mass is 9.88. The second-order valence-corrected chi connectivity index (χ2v) is 7.66. The summed E-state index contributed by atoms with van der Waals surface area (Å²) in [5, 5.41) is 5.51. The van der Waals surface area contributed by atoms with E-state index in [1.54, 1.807) is 0 Å². The highest BCUT2D eigenvalue weighted by Gasteiger charge is 2.31. The molecule has 0 saturated heterocycles. The molecule has 1 N–H and O–H groups in total. The minimum Gasteiger partial charge on any atom is -0.364 e. The number of nitrogens with zero attached hydrogens (tertiary/aromatic N) is 1. The van der Waals surface area contributed by atoms with E-state index < -0.39 is 0 Å². The zero-order valence-electron chi connectivity index (χ0n) is 11.0. The predicted molar refractivity (Wildman–Crippen MR) is 81.3 cm³/mol. The Hall–Kier alpha value is 0.170. The molecule has 1 aliphatic carbocycles. The molecule has 4 heteroatoms. The molecule has 0 aromatic rings. The molecule has 2 rings (SSSR count). The maximum Gasteiger partial charge on any atom is 0.156 e. The van der Waals surface area contributed by atoms with Crippen LogP contribution in [0.3, 0.4) is 0 Å². The van der Waals surface area contributed by atoms with Gasteiger partial charge in [0, 0.05) is 16.5 Å². The SMILES string of the molecule is CCC1CN=C(NCC2(SC)CCCCC2)S1. The van der Waals surface area contributed by atoms with Gasteiger partial charge in [-0.15, -0.1) is 0 Å². The van der Waals surface area contributed by atoms with Gasteiger partial charge in [0.25, 0.3) is 0 Å². The Balaban J connectivity index is 1.80. The smallest absolute Gasteiger partial charge is 0.156 e. The van der Waals surface area contributed by atoms with Gasteiger partial charge >= 0.3 is 0 Å². The molecule has 0 bridgehead atoms. The van der Waals surface area contributed by atoms with Crippen LogP contribution in [0.5, 0.6) is 0 Å². The van der Waals surface area contributed by atoms with E-state index in [2.05, 4.69) is 35.3 Å². The molecule has 1 aliphatic heterocycles. The molecule has 2 nitrogen and oxygen atoms in total. The molecule has 1 heterocycles. The van der Waals surface area contributed by atoms with Gasteiger partial charge in [-0.2, -0.15) is 11.8 Å². The van der Waals surface area contributed by atoms with Crippen molar-refractivity contribution in [1.29, 1.82) is 0 Å². The Kier molecular flexibility index (Phi) is 5.10. The molecule has 0 aromatic carbocycles. The summed E-state index contributed by atoms with van der Waals surface area (Å²) in [5.74, 6) is 0. The summed E-state index contributed by atoms with van der Waals surface area (Å²) in [6, 6.07) is 0. The lowest BCUT2D eigenvalue weighted by Gasteiger charge is -2.36. The number of nitrogens with one attached hydrogen (secondary N) is 1. The van der Waals surface area contributed by atoms with E-state index in [9.17, 15) is 0 Å². The summed E-state index contributed by atoms with van der Waals surface area (Å²) in [6.45, 7) is 4.37. The van der Waals surface area contributed by atoms with E-state index >= 15 is 0 Å². The number of hydrogen-bond acceptors (Lipinski definition) is 4. The molecule has 2 aliphatic rings. The van der Waals surface area contributed by atoms with Crippen LogP contribution in [0.4, 0.5) is 0 Å². The van der Waals surface area contributed by atoms with Crippen molar-refractivity contribution < 1.29 is 0 Å². The van der Waals surface area contributed by atoms with Gasteiger partial charge in [-0.25, -0.2) is 0 Å². The molecule has 98 valence electrons. The van der Waals surface area contributed by atoms with Crippen molar-refractivity contribution in [3.8, 4) is 0 Å². The molecule has 1 fully saturated rings. The van der Waals surface area contributed by atoms with Crippen LogP contribution >= 0.6 is 23.5 Å². The summed E-state index contributed by atoms with van der Waals surface area (Å²) in [7, 11) is 0. The van der Waals surface area contributed by atoms with Gasteiger partial charge in [-0.1, -0.05) is 37.9 Å². The Bertz CT molecular complexity index is 273. The van der Waals surface area contributed by atoms with E-state index in [1.165, 1.54) is 43.7 Å². The number of amidine groups is 1. The average Bonchev–Trinajstić information content (AvgIpc) is 2.85. The van der Waals surface area contributed by atoms with Crippen molar-refractivity contribution in [2.75, 3.05) is 19.3 Å². The van der Waals surface area contributed by atoms with Crippen LogP contribution in [-0.4, -0.2) is 34.5 Å². The number of thioether (sulfide) groups is 2. The maximum atomic E-state index is 4.60. The molecule has 1 unspecified atom stereocenters. The average molecular weight is 272 g/mol. The zero-order valence-corrected chi connectivity index (χ0v) is 12.6. The summed E-state index contributed by atoms with van der Waals surface area (Å²) < 4.78 is 0.478. The summed E-state index contributed by atoms with van der Waals surface area (Å²) in [4.78, 5) is 4.60. The van der Waals surface area contributed by atoms with Crippen molar-refractivity contribution in [3.05, 3.63) is 0 Å². The fraction of sp³-hybridized carbons (Fsp3) is 0.923. The Labute approximate surface area is 114 Å². The van der Waals surface area contributed by atoms with Crippen molar-refractivity contribution in [2.24, 2.45) is 4.99 Å². The molecule has 0 spiro atoms. The van der Waals surface area contributed by atoms with Crippen molar-refractivity contribution in [1.82, 2.24) is 5.32 Å². The minimum absolute atomic E-state index is 0.478. The standard InChI is InChI=1S/C13H24N2S2/c1-3-11-9-14-12(17-11)15-10-13(16-2)7-5-4-6-8-13/h11H,3-10H2,1-2H3,(H,14,15). The molecule has 17 heavy (non-hydrogen) atoms. The van der Waals surface area contributed by atoms with Crippen LogP contribution in [0, 0.1) is 0 Å². The molecular formula is C13H24N2S2. The lowest BCUT2D eigenvalue weighted by molar-refractivity contribution is 0.395. The van der Waals surface area contributed by atoms with Gasteiger partial charge in [-0.05, 0) is 25.5 Å². The summed E-state index contributed by atoms with van der Waals surface area (Å²) in [6.07, 6.45) is 10.5. The molecule has 1 atom stereocenters. The first-order chi connectivity index (χ1) is 8.28. The van der Waals surface area contributed by atoms with Crippen molar-refractivity contribution in [2.45, 2.75) is 55.4 Å². The van der Waals surface area contributed by atoms with E-state index in [4.69, 9.17) is 0 Å². The quantitative estimate of drug-likeness (QED) is 0.847. The van der Waals surface area contributed by atoms with E-state index in [0.29, 0.717) is 10.00 Å². The largest absolute Gasteiger partial charge is 0.364 e. The van der Waals surface area contributed by atoms with Crippen molar-refractivity contribution in [3.63, 3.8) is 0 Å². The van der Waals surface area contributed by atoms with Gasteiger partial charge in [0.15, 0.2) is 5.17 Å². The van der Waals surface area contributed by atoms with Gasteiger partial charge < -0.3 is 5.32 Å². The van der Waals surface area contributed by atoms with Crippen LogP contribution in [0.15, 0.2) is 4.99 Å². The first kappa shape index (κ1) is 13.6. The Morgan fingerprint density at radius 2 is 2.18 bits per heavy atom. The van der Waals surface area contributed by atoms with Crippen LogP contribution in [0.25, 0.3) is 0 Å².